The summed E-state index contributed by atoms with van der Waals surface area (Å²) < 4.78 is 7.08. The SMILES string of the molecule is COc1ccccc1-n1cc(C(=O)N(Cc2ccsc2)C2CC2)cn1. The molecule has 2 heterocycles. The normalized spacial score (nSPS) is 13.6. The van der Waals surface area contributed by atoms with Gasteiger partial charge in [-0.05, 0) is 47.4 Å². The molecule has 25 heavy (non-hydrogen) atoms. The maximum atomic E-state index is 13.0. The molecule has 6 heteroatoms. The third-order valence-electron chi connectivity index (χ3n) is 4.34. The van der Waals surface area contributed by atoms with Crippen molar-refractivity contribution in [3.8, 4) is 11.4 Å². The van der Waals surface area contributed by atoms with Crippen LogP contribution in [0.1, 0.15) is 28.8 Å². The molecule has 1 aliphatic rings. The summed E-state index contributed by atoms with van der Waals surface area (Å²) in [6.45, 7) is 0.660. The first-order valence-corrected chi connectivity index (χ1v) is 9.20. The second-order valence-corrected chi connectivity index (χ2v) is 6.92. The van der Waals surface area contributed by atoms with E-state index in [1.807, 2.05) is 34.5 Å². The molecule has 1 aromatic carbocycles. The van der Waals surface area contributed by atoms with Crippen LogP contribution < -0.4 is 4.74 Å². The van der Waals surface area contributed by atoms with Gasteiger partial charge in [0.2, 0.25) is 0 Å². The Morgan fingerprint density at radius 2 is 2.20 bits per heavy atom. The van der Waals surface area contributed by atoms with Crippen molar-refractivity contribution in [1.29, 1.82) is 0 Å². The monoisotopic (exact) mass is 353 g/mol. The number of carbonyl (C=O) groups excluding carboxylic acids is 1. The van der Waals surface area contributed by atoms with Gasteiger partial charge in [0.05, 0.1) is 18.9 Å². The van der Waals surface area contributed by atoms with Gasteiger partial charge < -0.3 is 9.64 Å². The molecule has 0 aliphatic heterocycles. The fourth-order valence-corrected chi connectivity index (χ4v) is 3.54. The van der Waals surface area contributed by atoms with Crippen LogP contribution in [0.2, 0.25) is 0 Å². The van der Waals surface area contributed by atoms with Gasteiger partial charge in [-0.2, -0.15) is 16.4 Å². The Morgan fingerprint density at radius 3 is 2.92 bits per heavy atom. The van der Waals surface area contributed by atoms with Crippen LogP contribution in [0.25, 0.3) is 5.69 Å². The lowest BCUT2D eigenvalue weighted by atomic mass is 10.2. The van der Waals surface area contributed by atoms with Crippen molar-refractivity contribution < 1.29 is 9.53 Å². The summed E-state index contributed by atoms with van der Waals surface area (Å²) in [5.41, 5.74) is 2.61. The summed E-state index contributed by atoms with van der Waals surface area (Å²) in [6.07, 6.45) is 5.58. The molecule has 5 nitrogen and oxygen atoms in total. The number of hydrogen-bond acceptors (Lipinski definition) is 4. The van der Waals surface area contributed by atoms with Crippen LogP contribution >= 0.6 is 11.3 Å². The molecule has 2 aromatic heterocycles. The van der Waals surface area contributed by atoms with Crippen molar-refractivity contribution in [1.82, 2.24) is 14.7 Å². The minimum Gasteiger partial charge on any atom is -0.494 e. The summed E-state index contributed by atoms with van der Waals surface area (Å²) in [4.78, 5) is 15.0. The molecule has 0 spiro atoms. The molecule has 0 N–H and O–H groups in total. The van der Waals surface area contributed by atoms with Crippen LogP contribution in [0.15, 0.2) is 53.5 Å². The molecule has 3 aromatic rings. The lowest BCUT2D eigenvalue weighted by molar-refractivity contribution is 0.0730. The molecule has 1 aliphatic carbocycles. The summed E-state index contributed by atoms with van der Waals surface area (Å²) in [5, 5.41) is 8.51. The van der Waals surface area contributed by atoms with Crippen LogP contribution in [-0.2, 0) is 6.54 Å². The first-order valence-electron chi connectivity index (χ1n) is 8.26. The number of thiophene rings is 1. The summed E-state index contributed by atoms with van der Waals surface area (Å²) in [5.74, 6) is 0.761. The lowest BCUT2D eigenvalue weighted by Crippen LogP contribution is -2.32. The summed E-state index contributed by atoms with van der Waals surface area (Å²) in [6, 6.07) is 10.1. The Labute approximate surface area is 150 Å². The number of nitrogens with zero attached hydrogens (tertiary/aromatic N) is 3. The predicted molar refractivity (Wildman–Crippen MR) is 97.3 cm³/mol. The van der Waals surface area contributed by atoms with Crippen LogP contribution in [0.4, 0.5) is 0 Å². The zero-order chi connectivity index (χ0) is 17.2. The van der Waals surface area contributed by atoms with Crippen LogP contribution in [0, 0.1) is 0 Å². The molecule has 0 radical (unpaired) electrons. The topological polar surface area (TPSA) is 47.4 Å². The third kappa shape index (κ3) is 3.30. The smallest absolute Gasteiger partial charge is 0.257 e. The standard InChI is InChI=1S/C19H19N3O2S/c1-24-18-5-3-2-4-17(18)22-12-15(10-20-22)19(23)21(16-6-7-16)11-14-8-9-25-13-14/h2-5,8-10,12-13,16H,6-7,11H2,1H3. The van der Waals surface area contributed by atoms with E-state index in [1.165, 1.54) is 5.56 Å². The number of hydrogen-bond donors (Lipinski definition) is 0. The second kappa shape index (κ2) is 6.72. The zero-order valence-corrected chi connectivity index (χ0v) is 14.8. The molecule has 0 bridgehead atoms. The van der Waals surface area contributed by atoms with Crippen LogP contribution in [0.5, 0.6) is 5.75 Å². The first-order chi connectivity index (χ1) is 12.3. The molecule has 1 amide bonds. The van der Waals surface area contributed by atoms with Crippen molar-refractivity contribution in [3.05, 3.63) is 64.6 Å². The van der Waals surface area contributed by atoms with E-state index in [-0.39, 0.29) is 5.91 Å². The average molecular weight is 353 g/mol. The van der Waals surface area contributed by atoms with Gasteiger partial charge in [-0.1, -0.05) is 12.1 Å². The van der Waals surface area contributed by atoms with Gasteiger partial charge in [-0.25, -0.2) is 4.68 Å². The number of amides is 1. The number of benzene rings is 1. The Kier molecular flexibility index (Phi) is 4.28. The van der Waals surface area contributed by atoms with Crippen molar-refractivity contribution >= 4 is 17.2 Å². The van der Waals surface area contributed by atoms with Crippen molar-refractivity contribution in [2.45, 2.75) is 25.4 Å². The van der Waals surface area contributed by atoms with E-state index in [0.29, 0.717) is 18.2 Å². The maximum Gasteiger partial charge on any atom is 0.257 e. The van der Waals surface area contributed by atoms with E-state index in [0.717, 1.165) is 24.3 Å². The summed E-state index contributed by atoms with van der Waals surface area (Å²) >= 11 is 1.66. The maximum absolute atomic E-state index is 13.0. The molecule has 128 valence electrons. The minimum atomic E-state index is 0.0369. The van der Waals surface area contributed by atoms with Gasteiger partial charge in [-0.15, -0.1) is 0 Å². The highest BCUT2D eigenvalue weighted by atomic mass is 32.1. The Hall–Kier alpha value is -2.60. The molecule has 0 atom stereocenters. The quantitative estimate of drug-likeness (QED) is 0.678. The third-order valence-corrected chi connectivity index (χ3v) is 5.08. The number of methoxy groups -OCH3 is 1. The first kappa shape index (κ1) is 15.9. The second-order valence-electron chi connectivity index (χ2n) is 6.14. The Bertz CT molecular complexity index is 868. The van der Waals surface area contributed by atoms with Gasteiger partial charge in [0, 0.05) is 18.8 Å². The highest BCUT2D eigenvalue weighted by Gasteiger charge is 2.33. The highest BCUT2D eigenvalue weighted by molar-refractivity contribution is 7.07. The van der Waals surface area contributed by atoms with E-state index in [2.05, 4.69) is 16.5 Å². The Balaban J connectivity index is 1.59. The lowest BCUT2D eigenvalue weighted by Gasteiger charge is -2.21. The average Bonchev–Trinajstić information content (AvgIpc) is 3.15. The molecular formula is C19H19N3O2S. The fraction of sp³-hybridized carbons (Fsp3) is 0.263. The van der Waals surface area contributed by atoms with Crippen molar-refractivity contribution in [3.63, 3.8) is 0 Å². The molecular weight excluding hydrogens is 334 g/mol. The van der Waals surface area contributed by atoms with Crippen LogP contribution in [-0.4, -0.2) is 33.7 Å². The van der Waals surface area contributed by atoms with Gasteiger partial charge in [0.1, 0.15) is 11.4 Å². The van der Waals surface area contributed by atoms with E-state index in [1.54, 1.807) is 35.5 Å². The van der Waals surface area contributed by atoms with E-state index in [9.17, 15) is 4.79 Å². The van der Waals surface area contributed by atoms with Crippen molar-refractivity contribution in [2.24, 2.45) is 0 Å². The fourth-order valence-electron chi connectivity index (χ4n) is 2.88. The predicted octanol–water partition coefficient (Wildman–Crippen LogP) is 3.75. The molecule has 1 saturated carbocycles. The van der Waals surface area contributed by atoms with E-state index >= 15 is 0 Å². The zero-order valence-electron chi connectivity index (χ0n) is 14.0. The van der Waals surface area contributed by atoms with Crippen molar-refractivity contribution in [2.75, 3.05) is 7.11 Å². The van der Waals surface area contributed by atoms with Crippen LogP contribution in [0.3, 0.4) is 0 Å². The Morgan fingerprint density at radius 1 is 1.36 bits per heavy atom. The van der Waals surface area contributed by atoms with Gasteiger partial charge >= 0.3 is 0 Å². The number of aromatic nitrogens is 2. The summed E-state index contributed by atoms with van der Waals surface area (Å²) in [7, 11) is 1.63. The van der Waals surface area contributed by atoms with Gasteiger partial charge in [-0.3, -0.25) is 4.79 Å². The molecule has 0 saturated heterocycles. The minimum absolute atomic E-state index is 0.0369. The molecule has 1 fully saturated rings. The number of ether oxygens (including phenoxy) is 1. The number of para-hydroxylation sites is 2. The van der Waals surface area contributed by atoms with E-state index in [4.69, 9.17) is 4.74 Å². The molecule has 0 unspecified atom stereocenters. The van der Waals surface area contributed by atoms with Gasteiger partial charge in [0.25, 0.3) is 5.91 Å². The number of carbonyl (C=O) groups is 1. The molecule has 4 rings (SSSR count). The largest absolute Gasteiger partial charge is 0.494 e. The van der Waals surface area contributed by atoms with Gasteiger partial charge in [0.15, 0.2) is 0 Å². The number of rotatable bonds is 6. The highest BCUT2D eigenvalue weighted by Crippen LogP contribution is 2.30. The van der Waals surface area contributed by atoms with E-state index < -0.39 is 0 Å².